The third-order valence-corrected chi connectivity index (χ3v) is 1.30. The molecule has 72 valence electrons. The predicted octanol–water partition coefficient (Wildman–Crippen LogP) is 0.631. The molecule has 0 spiro atoms. The molecule has 0 saturated carbocycles. The average molecular weight is 191 g/mol. The summed E-state index contributed by atoms with van der Waals surface area (Å²) in [5.41, 5.74) is 0. The van der Waals surface area contributed by atoms with Crippen LogP contribution in [0.4, 0.5) is 8.78 Å². The molecular weight excluding hydrogens is 184 g/mol. The second-order valence-electron chi connectivity index (χ2n) is 2.32. The Bertz CT molecular complexity index is 300. The standard InChI is InChI=1S/C6H7F2N3O2/c7-4(8)1-2-11-3-9-5(10-11)6(12)13/h3-4H,1-2H2,(H,12,13). The highest BCUT2D eigenvalue weighted by Gasteiger charge is 2.09. The molecule has 0 saturated heterocycles. The maximum absolute atomic E-state index is 11.7. The minimum Gasteiger partial charge on any atom is -0.475 e. The molecular formula is C6H7F2N3O2. The summed E-state index contributed by atoms with van der Waals surface area (Å²) >= 11 is 0. The van der Waals surface area contributed by atoms with E-state index in [9.17, 15) is 13.6 Å². The molecule has 0 aliphatic rings. The van der Waals surface area contributed by atoms with Crippen molar-refractivity contribution < 1.29 is 18.7 Å². The normalized spacial score (nSPS) is 10.7. The van der Waals surface area contributed by atoms with Crippen LogP contribution in [0.15, 0.2) is 6.33 Å². The van der Waals surface area contributed by atoms with Crippen molar-refractivity contribution in [2.75, 3.05) is 0 Å². The van der Waals surface area contributed by atoms with Crippen molar-refractivity contribution in [1.82, 2.24) is 14.8 Å². The van der Waals surface area contributed by atoms with Gasteiger partial charge in [0.15, 0.2) is 0 Å². The van der Waals surface area contributed by atoms with Crippen molar-refractivity contribution in [3.63, 3.8) is 0 Å². The zero-order valence-corrected chi connectivity index (χ0v) is 6.52. The van der Waals surface area contributed by atoms with E-state index in [1.165, 1.54) is 0 Å². The van der Waals surface area contributed by atoms with Gasteiger partial charge in [-0.2, -0.15) is 0 Å². The van der Waals surface area contributed by atoms with Crippen LogP contribution in [-0.4, -0.2) is 32.3 Å². The minimum absolute atomic E-state index is 0.0298. The van der Waals surface area contributed by atoms with Crippen molar-refractivity contribution in [3.8, 4) is 0 Å². The Morgan fingerprint density at radius 2 is 2.38 bits per heavy atom. The van der Waals surface area contributed by atoms with Gasteiger partial charge in [-0.05, 0) is 0 Å². The Balaban J connectivity index is 2.54. The van der Waals surface area contributed by atoms with Gasteiger partial charge in [-0.25, -0.2) is 18.6 Å². The van der Waals surface area contributed by atoms with Gasteiger partial charge in [0.1, 0.15) is 6.33 Å². The number of carboxylic acids is 1. The number of aromatic nitrogens is 3. The van der Waals surface area contributed by atoms with Crippen LogP contribution in [0.25, 0.3) is 0 Å². The van der Waals surface area contributed by atoms with E-state index in [2.05, 4.69) is 10.1 Å². The number of carbonyl (C=O) groups is 1. The zero-order chi connectivity index (χ0) is 9.84. The van der Waals surface area contributed by atoms with E-state index < -0.39 is 12.4 Å². The summed E-state index contributed by atoms with van der Waals surface area (Å²) in [5.74, 6) is -1.65. The maximum Gasteiger partial charge on any atom is 0.375 e. The largest absolute Gasteiger partial charge is 0.475 e. The molecule has 5 nitrogen and oxygen atoms in total. The van der Waals surface area contributed by atoms with Gasteiger partial charge in [0, 0.05) is 13.0 Å². The number of hydrogen-bond donors (Lipinski definition) is 1. The molecule has 1 rings (SSSR count). The van der Waals surface area contributed by atoms with E-state index in [1.807, 2.05) is 0 Å². The molecule has 0 radical (unpaired) electrons. The average Bonchev–Trinajstić information content (AvgIpc) is 2.48. The van der Waals surface area contributed by atoms with Crippen molar-refractivity contribution in [1.29, 1.82) is 0 Å². The van der Waals surface area contributed by atoms with Crippen LogP contribution in [0.5, 0.6) is 0 Å². The molecule has 0 aliphatic heterocycles. The summed E-state index contributed by atoms with van der Waals surface area (Å²) in [5, 5.41) is 11.8. The molecule has 1 aromatic heterocycles. The highest BCUT2D eigenvalue weighted by Crippen LogP contribution is 2.01. The molecule has 13 heavy (non-hydrogen) atoms. The molecule has 0 aliphatic carbocycles. The number of rotatable bonds is 4. The summed E-state index contributed by atoms with van der Waals surface area (Å²) in [7, 11) is 0. The smallest absolute Gasteiger partial charge is 0.375 e. The SMILES string of the molecule is O=C(O)c1ncn(CCC(F)F)n1. The number of carboxylic acid groups (broad SMARTS) is 1. The fourth-order valence-electron chi connectivity index (χ4n) is 0.730. The summed E-state index contributed by atoms with van der Waals surface area (Å²) in [6.45, 7) is -0.0298. The highest BCUT2D eigenvalue weighted by atomic mass is 19.3. The van der Waals surface area contributed by atoms with Gasteiger partial charge in [-0.3, -0.25) is 4.68 Å². The van der Waals surface area contributed by atoms with Crippen LogP contribution in [0.2, 0.25) is 0 Å². The number of hydrogen-bond acceptors (Lipinski definition) is 3. The van der Waals surface area contributed by atoms with Gasteiger partial charge in [-0.1, -0.05) is 0 Å². The van der Waals surface area contributed by atoms with E-state index in [4.69, 9.17) is 5.11 Å². The van der Waals surface area contributed by atoms with Crippen LogP contribution >= 0.6 is 0 Å². The fraction of sp³-hybridized carbons (Fsp3) is 0.500. The quantitative estimate of drug-likeness (QED) is 0.757. The topological polar surface area (TPSA) is 68.0 Å². The second kappa shape index (κ2) is 3.92. The Kier molecular flexibility index (Phi) is 2.88. The summed E-state index contributed by atoms with van der Waals surface area (Å²) in [4.78, 5) is 13.7. The molecule has 0 unspecified atom stereocenters. The molecule has 0 amide bonds. The van der Waals surface area contributed by atoms with E-state index in [0.717, 1.165) is 11.0 Å². The van der Waals surface area contributed by atoms with E-state index in [-0.39, 0.29) is 18.8 Å². The first kappa shape index (κ1) is 9.56. The molecule has 0 aromatic carbocycles. The third-order valence-electron chi connectivity index (χ3n) is 1.30. The third kappa shape index (κ3) is 2.77. The summed E-state index contributed by atoms with van der Waals surface area (Å²) in [6, 6.07) is 0. The van der Waals surface area contributed by atoms with E-state index >= 15 is 0 Å². The molecule has 0 bridgehead atoms. The maximum atomic E-state index is 11.7. The lowest BCUT2D eigenvalue weighted by Crippen LogP contribution is -2.05. The van der Waals surface area contributed by atoms with Crippen molar-refractivity contribution in [2.45, 2.75) is 19.4 Å². The molecule has 1 N–H and O–H groups in total. The number of aryl methyl sites for hydroxylation is 1. The van der Waals surface area contributed by atoms with Crippen molar-refractivity contribution in [2.24, 2.45) is 0 Å². The van der Waals surface area contributed by atoms with E-state index in [1.54, 1.807) is 0 Å². The first-order chi connectivity index (χ1) is 6.09. The second-order valence-corrected chi connectivity index (χ2v) is 2.32. The Morgan fingerprint density at radius 3 is 2.85 bits per heavy atom. The van der Waals surface area contributed by atoms with Gasteiger partial charge < -0.3 is 5.11 Å². The lowest BCUT2D eigenvalue weighted by Gasteiger charge is -1.97. The monoisotopic (exact) mass is 191 g/mol. The summed E-state index contributed by atoms with van der Waals surface area (Å²) in [6.07, 6.45) is -1.66. The Labute approximate surface area is 72.0 Å². The Morgan fingerprint density at radius 1 is 1.69 bits per heavy atom. The molecule has 0 fully saturated rings. The van der Waals surface area contributed by atoms with Crippen LogP contribution in [0.1, 0.15) is 17.0 Å². The van der Waals surface area contributed by atoms with Gasteiger partial charge in [0.25, 0.3) is 5.82 Å². The molecule has 7 heteroatoms. The van der Waals surface area contributed by atoms with Crippen molar-refractivity contribution in [3.05, 3.63) is 12.2 Å². The predicted molar refractivity (Wildman–Crippen MR) is 37.6 cm³/mol. The molecule has 1 heterocycles. The van der Waals surface area contributed by atoms with Crippen LogP contribution in [0, 0.1) is 0 Å². The first-order valence-electron chi connectivity index (χ1n) is 3.50. The van der Waals surface area contributed by atoms with Crippen molar-refractivity contribution >= 4 is 5.97 Å². The van der Waals surface area contributed by atoms with E-state index in [0.29, 0.717) is 0 Å². The lowest BCUT2D eigenvalue weighted by atomic mass is 10.4. The number of aromatic carboxylic acids is 1. The van der Waals surface area contributed by atoms with Gasteiger partial charge in [-0.15, -0.1) is 5.10 Å². The minimum atomic E-state index is -2.42. The first-order valence-corrected chi connectivity index (χ1v) is 3.50. The number of halogens is 2. The molecule has 1 aromatic rings. The Hall–Kier alpha value is -1.53. The molecule has 0 atom stereocenters. The van der Waals surface area contributed by atoms with Gasteiger partial charge in [0.05, 0.1) is 0 Å². The number of alkyl halides is 2. The van der Waals surface area contributed by atoms with Gasteiger partial charge >= 0.3 is 5.97 Å². The lowest BCUT2D eigenvalue weighted by molar-refractivity contribution is 0.0683. The highest BCUT2D eigenvalue weighted by molar-refractivity contribution is 5.82. The van der Waals surface area contributed by atoms with Crippen LogP contribution in [0.3, 0.4) is 0 Å². The summed E-state index contributed by atoms with van der Waals surface area (Å²) < 4.78 is 24.5. The fourth-order valence-corrected chi connectivity index (χ4v) is 0.730. The van der Waals surface area contributed by atoms with Crippen LogP contribution in [-0.2, 0) is 6.54 Å². The number of nitrogens with zero attached hydrogens (tertiary/aromatic N) is 3. The van der Waals surface area contributed by atoms with Gasteiger partial charge in [0.2, 0.25) is 6.43 Å². The van der Waals surface area contributed by atoms with Crippen LogP contribution < -0.4 is 0 Å². The zero-order valence-electron chi connectivity index (χ0n) is 6.52.